The number of aryl methyl sites for hydroxylation is 1. The predicted octanol–water partition coefficient (Wildman–Crippen LogP) is 3.64. The molecule has 126 valence electrons. The SMILES string of the molecule is CC(C)c1nc2cc(NS(=O)(=O)c3ccc(F)cc3)ccc2n1C. The lowest BCUT2D eigenvalue weighted by atomic mass is 10.2. The van der Waals surface area contributed by atoms with E-state index in [0.29, 0.717) is 5.69 Å². The van der Waals surface area contributed by atoms with E-state index >= 15 is 0 Å². The average Bonchev–Trinajstić information content (AvgIpc) is 2.84. The summed E-state index contributed by atoms with van der Waals surface area (Å²) in [5, 5.41) is 0. The third kappa shape index (κ3) is 2.99. The van der Waals surface area contributed by atoms with Crippen LogP contribution in [0.1, 0.15) is 25.6 Å². The maximum atomic E-state index is 13.0. The van der Waals surface area contributed by atoms with Gasteiger partial charge in [0.15, 0.2) is 0 Å². The molecule has 0 fully saturated rings. The molecule has 0 atom stereocenters. The van der Waals surface area contributed by atoms with E-state index < -0.39 is 15.8 Å². The molecule has 1 aromatic heterocycles. The number of hydrogen-bond donors (Lipinski definition) is 1. The third-order valence-corrected chi connectivity index (χ3v) is 5.21. The molecule has 7 heteroatoms. The lowest BCUT2D eigenvalue weighted by Gasteiger charge is -2.08. The molecule has 24 heavy (non-hydrogen) atoms. The molecule has 0 saturated heterocycles. The van der Waals surface area contributed by atoms with Crippen molar-refractivity contribution in [2.24, 2.45) is 7.05 Å². The first-order valence-electron chi connectivity index (χ1n) is 7.52. The molecule has 1 N–H and O–H groups in total. The fourth-order valence-electron chi connectivity index (χ4n) is 2.63. The lowest BCUT2D eigenvalue weighted by molar-refractivity contribution is 0.599. The summed E-state index contributed by atoms with van der Waals surface area (Å²) in [6, 6.07) is 9.91. The molecule has 3 aromatic rings. The monoisotopic (exact) mass is 347 g/mol. The van der Waals surface area contributed by atoms with Crippen molar-refractivity contribution >= 4 is 26.7 Å². The maximum Gasteiger partial charge on any atom is 0.261 e. The Bertz CT molecular complexity index is 993. The number of anilines is 1. The van der Waals surface area contributed by atoms with E-state index in [1.165, 1.54) is 12.1 Å². The van der Waals surface area contributed by atoms with E-state index in [1.807, 2.05) is 17.7 Å². The van der Waals surface area contributed by atoms with Gasteiger partial charge in [-0.1, -0.05) is 13.8 Å². The minimum atomic E-state index is -3.77. The number of halogens is 1. The Morgan fingerprint density at radius 3 is 2.42 bits per heavy atom. The highest BCUT2D eigenvalue weighted by Gasteiger charge is 2.16. The molecule has 0 saturated carbocycles. The van der Waals surface area contributed by atoms with Crippen LogP contribution in [0.3, 0.4) is 0 Å². The van der Waals surface area contributed by atoms with Crippen LogP contribution in [0.25, 0.3) is 11.0 Å². The summed E-state index contributed by atoms with van der Waals surface area (Å²) in [7, 11) is -1.83. The zero-order valence-corrected chi connectivity index (χ0v) is 14.4. The van der Waals surface area contributed by atoms with Crippen LogP contribution < -0.4 is 4.72 Å². The topological polar surface area (TPSA) is 64.0 Å². The molecule has 0 bridgehead atoms. The van der Waals surface area contributed by atoms with Crippen LogP contribution in [0, 0.1) is 5.82 Å². The zero-order chi connectivity index (χ0) is 17.5. The van der Waals surface area contributed by atoms with Crippen LogP contribution >= 0.6 is 0 Å². The van der Waals surface area contributed by atoms with E-state index in [1.54, 1.807) is 12.1 Å². The van der Waals surface area contributed by atoms with Gasteiger partial charge < -0.3 is 4.57 Å². The largest absolute Gasteiger partial charge is 0.331 e. The summed E-state index contributed by atoms with van der Waals surface area (Å²) >= 11 is 0. The van der Waals surface area contributed by atoms with Crippen LogP contribution in [0.5, 0.6) is 0 Å². The number of sulfonamides is 1. The van der Waals surface area contributed by atoms with E-state index in [0.717, 1.165) is 29.0 Å². The van der Waals surface area contributed by atoms with Crippen molar-refractivity contribution in [2.45, 2.75) is 24.7 Å². The second kappa shape index (κ2) is 5.90. The fourth-order valence-corrected chi connectivity index (χ4v) is 3.68. The van der Waals surface area contributed by atoms with Gasteiger partial charge in [0.25, 0.3) is 10.0 Å². The van der Waals surface area contributed by atoms with Crippen molar-refractivity contribution in [3.63, 3.8) is 0 Å². The first kappa shape index (κ1) is 16.4. The first-order valence-corrected chi connectivity index (χ1v) is 9.01. The summed E-state index contributed by atoms with van der Waals surface area (Å²) in [5.41, 5.74) is 2.07. The molecular weight excluding hydrogens is 329 g/mol. The molecular formula is C17H18FN3O2S. The maximum absolute atomic E-state index is 13.0. The number of hydrogen-bond acceptors (Lipinski definition) is 3. The van der Waals surface area contributed by atoms with Crippen molar-refractivity contribution in [2.75, 3.05) is 4.72 Å². The number of nitrogens with one attached hydrogen (secondary N) is 1. The normalized spacial score (nSPS) is 12.0. The van der Waals surface area contributed by atoms with Crippen LogP contribution in [-0.2, 0) is 17.1 Å². The van der Waals surface area contributed by atoms with Gasteiger partial charge in [0.1, 0.15) is 11.6 Å². The smallest absolute Gasteiger partial charge is 0.261 e. The molecule has 2 aromatic carbocycles. The van der Waals surface area contributed by atoms with Crippen LogP contribution in [0.15, 0.2) is 47.4 Å². The number of aromatic nitrogens is 2. The Kier molecular flexibility index (Phi) is 4.04. The van der Waals surface area contributed by atoms with Crippen LogP contribution in [0.4, 0.5) is 10.1 Å². The Morgan fingerprint density at radius 2 is 1.79 bits per heavy atom. The molecule has 0 aliphatic rings. The Hall–Kier alpha value is -2.41. The number of imidazole rings is 1. The third-order valence-electron chi connectivity index (χ3n) is 3.81. The Morgan fingerprint density at radius 1 is 1.12 bits per heavy atom. The molecule has 0 aliphatic heterocycles. The molecule has 0 amide bonds. The number of rotatable bonds is 4. The number of fused-ring (bicyclic) bond motifs is 1. The van der Waals surface area contributed by atoms with E-state index in [-0.39, 0.29) is 10.8 Å². The van der Waals surface area contributed by atoms with Gasteiger partial charge >= 0.3 is 0 Å². The highest BCUT2D eigenvalue weighted by Crippen LogP contribution is 2.24. The van der Waals surface area contributed by atoms with Gasteiger partial charge in [0.2, 0.25) is 0 Å². The lowest BCUT2D eigenvalue weighted by Crippen LogP contribution is -2.12. The summed E-state index contributed by atoms with van der Waals surface area (Å²) in [5.74, 6) is 0.718. The molecule has 0 spiro atoms. The van der Waals surface area contributed by atoms with Crippen molar-refractivity contribution < 1.29 is 12.8 Å². The van der Waals surface area contributed by atoms with Crippen LogP contribution in [0.2, 0.25) is 0 Å². The molecule has 3 rings (SSSR count). The highest BCUT2D eigenvalue weighted by atomic mass is 32.2. The second-order valence-electron chi connectivity index (χ2n) is 5.95. The zero-order valence-electron chi connectivity index (χ0n) is 13.6. The molecule has 0 unspecified atom stereocenters. The van der Waals surface area contributed by atoms with Crippen LogP contribution in [-0.4, -0.2) is 18.0 Å². The Balaban J connectivity index is 1.96. The minimum Gasteiger partial charge on any atom is -0.331 e. The van der Waals surface area contributed by atoms with E-state index in [9.17, 15) is 12.8 Å². The minimum absolute atomic E-state index is 0.00730. The number of benzene rings is 2. The van der Waals surface area contributed by atoms with E-state index in [2.05, 4.69) is 23.6 Å². The van der Waals surface area contributed by atoms with Crippen molar-refractivity contribution in [3.8, 4) is 0 Å². The summed E-state index contributed by atoms with van der Waals surface area (Å²) in [4.78, 5) is 4.57. The molecule has 5 nitrogen and oxygen atoms in total. The predicted molar refractivity (Wildman–Crippen MR) is 92.0 cm³/mol. The van der Waals surface area contributed by atoms with Gasteiger partial charge in [0.05, 0.1) is 21.6 Å². The quantitative estimate of drug-likeness (QED) is 0.784. The summed E-state index contributed by atoms with van der Waals surface area (Å²) in [6.07, 6.45) is 0. The number of nitrogens with zero attached hydrogens (tertiary/aromatic N) is 2. The average molecular weight is 347 g/mol. The van der Waals surface area contributed by atoms with Gasteiger partial charge in [-0.25, -0.2) is 17.8 Å². The fraction of sp³-hybridized carbons (Fsp3) is 0.235. The first-order chi connectivity index (χ1) is 11.3. The van der Waals surface area contributed by atoms with Gasteiger partial charge in [-0.15, -0.1) is 0 Å². The van der Waals surface area contributed by atoms with Gasteiger partial charge in [0, 0.05) is 13.0 Å². The standard InChI is InChI=1S/C17H18FN3O2S/c1-11(2)17-19-15-10-13(6-9-16(15)21(17)3)20-24(22,23)14-7-4-12(18)5-8-14/h4-11,20H,1-3H3. The van der Waals surface area contributed by atoms with Crippen molar-refractivity contribution in [3.05, 3.63) is 54.1 Å². The second-order valence-corrected chi connectivity index (χ2v) is 7.63. The summed E-state index contributed by atoms with van der Waals surface area (Å²) in [6.45, 7) is 4.11. The van der Waals surface area contributed by atoms with Crippen molar-refractivity contribution in [1.29, 1.82) is 0 Å². The van der Waals surface area contributed by atoms with Gasteiger partial charge in [-0.05, 0) is 42.5 Å². The molecule has 0 aliphatic carbocycles. The highest BCUT2D eigenvalue weighted by molar-refractivity contribution is 7.92. The van der Waals surface area contributed by atoms with Gasteiger partial charge in [-0.3, -0.25) is 4.72 Å². The van der Waals surface area contributed by atoms with E-state index in [4.69, 9.17) is 0 Å². The van der Waals surface area contributed by atoms with Crippen molar-refractivity contribution in [1.82, 2.24) is 9.55 Å². The van der Waals surface area contributed by atoms with Gasteiger partial charge in [-0.2, -0.15) is 0 Å². The molecule has 0 radical (unpaired) electrons. The summed E-state index contributed by atoms with van der Waals surface area (Å²) < 4.78 is 42.2. The Labute approximate surface area is 140 Å². The molecule has 1 heterocycles.